The Morgan fingerprint density at radius 1 is 0.241 bits per heavy atom. The molecular formula is C48H32N6. The summed E-state index contributed by atoms with van der Waals surface area (Å²) < 4.78 is 0. The molecule has 6 nitrogen and oxygen atoms in total. The molecule has 254 valence electrons. The number of fused-ring (bicyclic) bond motifs is 3. The minimum atomic E-state index is 0.493. The average Bonchev–Trinajstić information content (AvgIpc) is 3.26. The molecule has 10 rings (SSSR count). The van der Waals surface area contributed by atoms with E-state index < -0.39 is 0 Å². The van der Waals surface area contributed by atoms with Crippen LogP contribution in [-0.4, -0.2) is 19.9 Å². The van der Waals surface area contributed by atoms with Crippen LogP contribution in [0.4, 0.5) is 34.1 Å². The van der Waals surface area contributed by atoms with Crippen LogP contribution in [0.25, 0.3) is 56.3 Å². The Kier molecular flexibility index (Phi) is 7.69. The summed E-state index contributed by atoms with van der Waals surface area (Å²) in [6, 6.07) is 66.8. The molecule has 0 amide bonds. The van der Waals surface area contributed by atoms with E-state index in [4.69, 9.17) is 19.9 Å². The van der Waals surface area contributed by atoms with Crippen LogP contribution in [0, 0.1) is 0 Å². The van der Waals surface area contributed by atoms with Gasteiger partial charge in [-0.05, 0) is 48.5 Å². The SMILES string of the molecule is c1ccc(-c2nc3nc(-c4ccccc4)c(-c4ccc(N5c6ccccc6N(c6ccccc6)c6ccccc65)cc4)nc3nc2-c2ccccc2)cc1. The number of benzene rings is 7. The van der Waals surface area contributed by atoms with Gasteiger partial charge in [0.05, 0.1) is 45.5 Å². The van der Waals surface area contributed by atoms with Crippen LogP contribution in [0.2, 0.25) is 0 Å². The number of nitrogens with zero attached hydrogens (tertiary/aromatic N) is 6. The monoisotopic (exact) mass is 692 g/mol. The molecule has 0 spiro atoms. The molecule has 1 aliphatic rings. The topological polar surface area (TPSA) is 58.0 Å². The van der Waals surface area contributed by atoms with Crippen LogP contribution in [0.1, 0.15) is 0 Å². The largest absolute Gasteiger partial charge is 0.306 e. The van der Waals surface area contributed by atoms with Crippen molar-refractivity contribution in [1.29, 1.82) is 0 Å². The minimum absolute atomic E-state index is 0.493. The summed E-state index contributed by atoms with van der Waals surface area (Å²) in [6.07, 6.45) is 0. The van der Waals surface area contributed by atoms with E-state index in [1.54, 1.807) is 0 Å². The third kappa shape index (κ3) is 5.45. The number of anilines is 6. The minimum Gasteiger partial charge on any atom is -0.306 e. The van der Waals surface area contributed by atoms with Gasteiger partial charge in [0.2, 0.25) is 0 Å². The van der Waals surface area contributed by atoms with E-state index in [9.17, 15) is 0 Å². The van der Waals surface area contributed by atoms with Crippen LogP contribution in [0.3, 0.4) is 0 Å². The van der Waals surface area contributed by atoms with Crippen LogP contribution in [0.15, 0.2) is 194 Å². The van der Waals surface area contributed by atoms with Gasteiger partial charge >= 0.3 is 0 Å². The van der Waals surface area contributed by atoms with Gasteiger partial charge in [-0.25, -0.2) is 19.9 Å². The normalized spacial score (nSPS) is 12.0. The van der Waals surface area contributed by atoms with Gasteiger partial charge in [0.25, 0.3) is 0 Å². The van der Waals surface area contributed by atoms with Crippen molar-refractivity contribution in [2.45, 2.75) is 0 Å². The summed E-state index contributed by atoms with van der Waals surface area (Å²) in [6.45, 7) is 0. The molecule has 0 bridgehead atoms. The predicted octanol–water partition coefficient (Wildman–Crippen LogP) is 12.3. The smallest absolute Gasteiger partial charge is 0.199 e. The Balaban J connectivity index is 1.13. The van der Waals surface area contributed by atoms with Crippen molar-refractivity contribution in [2.24, 2.45) is 0 Å². The zero-order valence-corrected chi connectivity index (χ0v) is 29.2. The lowest BCUT2D eigenvalue weighted by atomic mass is 10.0. The first-order valence-corrected chi connectivity index (χ1v) is 18.0. The molecule has 0 radical (unpaired) electrons. The fraction of sp³-hybridized carbons (Fsp3) is 0. The van der Waals surface area contributed by atoms with Crippen molar-refractivity contribution >= 4 is 45.4 Å². The second-order valence-electron chi connectivity index (χ2n) is 13.1. The first kappa shape index (κ1) is 31.3. The van der Waals surface area contributed by atoms with E-state index >= 15 is 0 Å². The van der Waals surface area contributed by atoms with Crippen molar-refractivity contribution in [3.8, 4) is 45.0 Å². The average molecular weight is 693 g/mol. The second-order valence-corrected chi connectivity index (χ2v) is 13.1. The lowest BCUT2D eigenvalue weighted by Gasteiger charge is -2.40. The number of aromatic nitrogens is 4. The van der Waals surface area contributed by atoms with Gasteiger partial charge in [0.15, 0.2) is 11.3 Å². The zero-order chi connectivity index (χ0) is 35.8. The second kappa shape index (κ2) is 13.3. The molecule has 0 atom stereocenters. The Labute approximate surface area is 313 Å². The van der Waals surface area contributed by atoms with Gasteiger partial charge in [0, 0.05) is 33.6 Å². The van der Waals surface area contributed by atoms with E-state index in [0.29, 0.717) is 11.3 Å². The van der Waals surface area contributed by atoms with E-state index in [2.05, 4.69) is 149 Å². The highest BCUT2D eigenvalue weighted by Gasteiger charge is 2.30. The van der Waals surface area contributed by atoms with E-state index in [1.165, 1.54) is 0 Å². The van der Waals surface area contributed by atoms with Crippen molar-refractivity contribution < 1.29 is 0 Å². The van der Waals surface area contributed by atoms with Crippen LogP contribution >= 0.6 is 0 Å². The number of rotatable bonds is 6. The third-order valence-electron chi connectivity index (χ3n) is 9.80. The Hall–Kier alpha value is -7.44. The molecule has 0 saturated carbocycles. The molecule has 3 heterocycles. The fourth-order valence-corrected chi connectivity index (χ4v) is 7.32. The lowest BCUT2D eigenvalue weighted by Crippen LogP contribution is -2.23. The van der Waals surface area contributed by atoms with Crippen molar-refractivity contribution in [2.75, 3.05) is 9.80 Å². The molecule has 54 heavy (non-hydrogen) atoms. The summed E-state index contributed by atoms with van der Waals surface area (Å²) in [5.41, 5.74) is 14.4. The van der Waals surface area contributed by atoms with Crippen molar-refractivity contribution in [3.05, 3.63) is 194 Å². The summed E-state index contributed by atoms with van der Waals surface area (Å²) in [4.78, 5) is 25.4. The quantitative estimate of drug-likeness (QED) is 0.173. The zero-order valence-electron chi connectivity index (χ0n) is 29.2. The highest BCUT2D eigenvalue weighted by molar-refractivity contribution is 6.01. The molecule has 9 aromatic rings. The summed E-state index contributed by atoms with van der Waals surface area (Å²) in [7, 11) is 0. The summed E-state index contributed by atoms with van der Waals surface area (Å²) in [5.74, 6) is 0. The number of hydrogen-bond donors (Lipinski definition) is 0. The molecule has 6 heteroatoms. The van der Waals surface area contributed by atoms with E-state index in [1.807, 2.05) is 54.6 Å². The molecular weight excluding hydrogens is 661 g/mol. The number of para-hydroxylation sites is 5. The van der Waals surface area contributed by atoms with Gasteiger partial charge in [-0.3, -0.25) is 0 Å². The molecule has 0 fully saturated rings. The maximum Gasteiger partial charge on any atom is 0.199 e. The summed E-state index contributed by atoms with van der Waals surface area (Å²) in [5, 5.41) is 0. The molecule has 0 N–H and O–H groups in total. The first-order valence-electron chi connectivity index (χ1n) is 18.0. The standard InChI is InChI=1S/C48H32N6/c1-5-17-33(18-6-1)43-44(34-19-7-2-8-20-34)50-48-47(49-43)51-45(35-21-9-3-10-22-35)46(52-48)36-29-31-38(32-30-36)54-41-27-15-13-25-39(41)53(37-23-11-4-12-24-37)40-26-14-16-28-42(40)54/h1-32H. The highest BCUT2D eigenvalue weighted by atomic mass is 15.3. The molecule has 0 aliphatic carbocycles. The number of hydrogen-bond acceptors (Lipinski definition) is 6. The predicted molar refractivity (Wildman–Crippen MR) is 220 cm³/mol. The highest BCUT2D eigenvalue weighted by Crippen LogP contribution is 2.54. The van der Waals surface area contributed by atoms with Crippen LogP contribution < -0.4 is 9.80 Å². The maximum absolute atomic E-state index is 5.24. The van der Waals surface area contributed by atoms with Crippen molar-refractivity contribution in [3.63, 3.8) is 0 Å². The van der Waals surface area contributed by atoms with Gasteiger partial charge in [-0.15, -0.1) is 0 Å². The van der Waals surface area contributed by atoms with Gasteiger partial charge in [-0.1, -0.05) is 146 Å². The Morgan fingerprint density at radius 3 is 0.833 bits per heavy atom. The molecule has 0 saturated heterocycles. The molecule has 7 aromatic carbocycles. The Bertz CT molecular complexity index is 2710. The molecule has 2 aromatic heterocycles. The van der Waals surface area contributed by atoms with Crippen molar-refractivity contribution in [1.82, 2.24) is 19.9 Å². The van der Waals surface area contributed by atoms with E-state index in [-0.39, 0.29) is 0 Å². The van der Waals surface area contributed by atoms with E-state index in [0.717, 1.165) is 79.2 Å². The van der Waals surface area contributed by atoms with Crippen LogP contribution in [0.5, 0.6) is 0 Å². The fourth-order valence-electron chi connectivity index (χ4n) is 7.32. The van der Waals surface area contributed by atoms with Gasteiger partial charge < -0.3 is 9.80 Å². The molecule has 0 unspecified atom stereocenters. The molecule has 1 aliphatic heterocycles. The first-order chi connectivity index (χ1) is 26.8. The third-order valence-corrected chi connectivity index (χ3v) is 9.80. The maximum atomic E-state index is 5.24. The van der Waals surface area contributed by atoms with Crippen LogP contribution in [-0.2, 0) is 0 Å². The lowest BCUT2D eigenvalue weighted by molar-refractivity contribution is 1.16. The van der Waals surface area contributed by atoms with Gasteiger partial charge in [0.1, 0.15) is 0 Å². The van der Waals surface area contributed by atoms with Gasteiger partial charge in [-0.2, -0.15) is 0 Å². The Morgan fingerprint density at radius 2 is 0.500 bits per heavy atom. The summed E-state index contributed by atoms with van der Waals surface area (Å²) >= 11 is 0.